The van der Waals surface area contributed by atoms with Crippen molar-refractivity contribution in [2.24, 2.45) is 11.5 Å². The maximum Gasteiger partial charge on any atom is 0.233 e. The van der Waals surface area contributed by atoms with Crippen molar-refractivity contribution >= 4 is 47.1 Å². The van der Waals surface area contributed by atoms with Crippen molar-refractivity contribution in [3.05, 3.63) is 105 Å². The summed E-state index contributed by atoms with van der Waals surface area (Å²) in [6.45, 7) is 13.7. The molecule has 0 unspecified atom stereocenters. The lowest BCUT2D eigenvalue weighted by atomic mass is 9.90. The molecular weight excluding hydrogens is 1050 g/mol. The molecule has 0 saturated carbocycles. The van der Waals surface area contributed by atoms with E-state index in [-0.39, 0.29) is 11.9 Å². The number of fused-ring (bicyclic) bond motifs is 8. The van der Waals surface area contributed by atoms with Gasteiger partial charge in [0.1, 0.15) is 23.0 Å². The molecule has 84 heavy (non-hydrogen) atoms. The van der Waals surface area contributed by atoms with Crippen LogP contribution in [0.1, 0.15) is 201 Å². The van der Waals surface area contributed by atoms with E-state index in [0.29, 0.717) is 75.9 Å². The third kappa shape index (κ3) is 20.6. The van der Waals surface area contributed by atoms with E-state index in [1.807, 2.05) is 0 Å². The van der Waals surface area contributed by atoms with Gasteiger partial charge in [0.15, 0.2) is 0 Å². The van der Waals surface area contributed by atoms with E-state index >= 15 is 0 Å². The fourth-order valence-electron chi connectivity index (χ4n) is 10.8. The predicted octanol–water partition coefficient (Wildman–Crippen LogP) is 13.5. The first-order valence-electron chi connectivity index (χ1n) is 31.7. The lowest BCUT2D eigenvalue weighted by Crippen LogP contribution is -2.12. The highest BCUT2D eigenvalue weighted by Gasteiger charge is 2.24. The molecule has 0 atom stereocenters. The largest absolute Gasteiger partial charge is 0.493 e. The second kappa shape index (κ2) is 35.8. The Labute approximate surface area is 500 Å². The number of nitrogens with two attached hydrogens (primary N) is 4. The minimum atomic E-state index is 0.131. The molecule has 0 spiro atoms. The van der Waals surface area contributed by atoms with Crippen molar-refractivity contribution in [3.8, 4) is 23.0 Å². The van der Waals surface area contributed by atoms with Crippen LogP contribution in [0.15, 0.2) is 60.7 Å². The number of rotatable bonds is 38. The topological polar surface area (TPSA) is 266 Å². The molecule has 1 aliphatic carbocycles. The van der Waals surface area contributed by atoms with E-state index < -0.39 is 0 Å². The van der Waals surface area contributed by atoms with Gasteiger partial charge in [0.2, 0.25) is 35.7 Å². The molecule has 2 aromatic heterocycles. The number of hydrogen-bond donors (Lipinski definition) is 8. The summed E-state index contributed by atoms with van der Waals surface area (Å²) in [7, 11) is 0. The van der Waals surface area contributed by atoms with Crippen molar-refractivity contribution in [1.29, 1.82) is 0 Å². The number of nitrogens with one attached hydrogen (secondary N) is 4. The summed E-state index contributed by atoms with van der Waals surface area (Å²) in [5.74, 6) is 5.16. The van der Waals surface area contributed by atoms with Crippen molar-refractivity contribution in [2.75, 3.05) is 85.3 Å². The molecule has 0 amide bonds. The van der Waals surface area contributed by atoms with E-state index in [0.717, 1.165) is 169 Å². The number of nitrogens with zero attached hydrogens (tertiary/aromatic N) is 6. The summed E-state index contributed by atoms with van der Waals surface area (Å²) in [6, 6.07) is 21.5. The number of para-hydroxylation sites is 2. The van der Waals surface area contributed by atoms with Crippen LogP contribution in [0.5, 0.6) is 23.0 Å². The van der Waals surface area contributed by atoms with Crippen LogP contribution in [0.3, 0.4) is 0 Å². The Bertz CT molecular complexity index is 2640. The zero-order valence-corrected chi connectivity index (χ0v) is 51.0. The normalized spacial score (nSPS) is 12.0. The van der Waals surface area contributed by atoms with Gasteiger partial charge in [-0.05, 0) is 111 Å². The lowest BCUT2D eigenvalue weighted by molar-refractivity contribution is 0.304. The molecule has 4 aromatic carbocycles. The number of nitrogen functional groups attached to an aromatic ring is 2. The zero-order chi connectivity index (χ0) is 59.1. The molecule has 0 aliphatic heterocycles. The molecule has 456 valence electrons. The minimum absolute atomic E-state index is 0.131. The fourth-order valence-corrected chi connectivity index (χ4v) is 10.8. The Balaban J connectivity index is 1.26. The molecule has 6 aromatic rings. The smallest absolute Gasteiger partial charge is 0.233 e. The zero-order valence-electron chi connectivity index (χ0n) is 51.0. The van der Waals surface area contributed by atoms with Crippen molar-refractivity contribution < 1.29 is 18.9 Å². The summed E-state index contributed by atoms with van der Waals surface area (Å²) in [4.78, 5) is 27.7. The molecule has 0 radical (unpaired) electrons. The number of unbranched alkanes of at least 4 members (excludes halogenated alkanes) is 14. The van der Waals surface area contributed by atoms with Crippen molar-refractivity contribution in [3.63, 3.8) is 0 Å². The molecule has 0 saturated heterocycles. The van der Waals surface area contributed by atoms with Crippen molar-refractivity contribution in [1.82, 2.24) is 29.9 Å². The molecule has 0 fully saturated rings. The molecule has 12 N–H and O–H groups in total. The summed E-state index contributed by atoms with van der Waals surface area (Å²) < 4.78 is 27.5. The second-order valence-electron chi connectivity index (χ2n) is 22.2. The van der Waals surface area contributed by atoms with Gasteiger partial charge in [-0.2, -0.15) is 29.9 Å². The first kappa shape index (κ1) is 64.4. The van der Waals surface area contributed by atoms with E-state index in [9.17, 15) is 0 Å². The van der Waals surface area contributed by atoms with Crippen molar-refractivity contribution in [2.45, 2.75) is 182 Å². The van der Waals surface area contributed by atoms with Crippen LogP contribution in [-0.4, -0.2) is 82.5 Å². The summed E-state index contributed by atoms with van der Waals surface area (Å²) in [5, 5.41) is 13.9. The first-order chi connectivity index (χ1) is 41.2. The third-order valence-corrected chi connectivity index (χ3v) is 14.8. The Morgan fingerprint density at radius 1 is 0.357 bits per heavy atom. The van der Waals surface area contributed by atoms with E-state index in [4.69, 9.17) is 51.9 Å². The van der Waals surface area contributed by atoms with Gasteiger partial charge in [0.25, 0.3) is 0 Å². The molecule has 18 heteroatoms. The predicted molar refractivity (Wildman–Crippen MR) is 344 cm³/mol. The Morgan fingerprint density at radius 2 is 0.631 bits per heavy atom. The molecule has 7 rings (SSSR count). The quantitative estimate of drug-likeness (QED) is 0.0167. The highest BCUT2D eigenvalue weighted by atomic mass is 16.5. The minimum Gasteiger partial charge on any atom is -0.493 e. The number of ether oxygens (including phenoxy) is 4. The summed E-state index contributed by atoms with van der Waals surface area (Å²) >= 11 is 0. The van der Waals surface area contributed by atoms with E-state index in [2.05, 4.69) is 130 Å². The molecule has 18 nitrogen and oxygen atoms in total. The standard InChI is InChI=1S/C66H98N14O4/c1-5-35-81-57-47-27-25-28-48(57)40-52-44-56(74-66-78-62(70)76-64(80-66)72-34-24-20-16-12-10-14-18-22-32-68)46-54(60(52)84-38-8-4)42-50-30-26-29-49(58(50)82-36-6-2)41-53-45-55(43-51(39-47)59(53)83-37-7-3)73-65-77-61(69)75-63(79-65)71-33-23-19-15-11-9-13-17-21-31-67/h25-30,43-46H,5-24,31-42,67-68H2,1-4H3,(H4,69,71,73,75,77,79)(H4,70,72,74,76,78,80). The SMILES string of the molecule is CCCOc1c2cccc1Cc1cc(Nc3nc(N)nc(NCCCCCCCCCCN)n3)cc(c1OCCC)Cc1cccc(c1OCCC)Cc1cc(Nc3nc(N)nc(NCCCCCCCCCCN)n3)cc(c1OCCC)C2. The van der Waals surface area contributed by atoms with Crippen LogP contribution < -0.4 is 63.1 Å². The van der Waals surface area contributed by atoms with E-state index in [1.165, 1.54) is 64.2 Å². The van der Waals surface area contributed by atoms with Gasteiger partial charge >= 0.3 is 0 Å². The number of anilines is 8. The Hall–Kier alpha value is -7.18. The number of hydrogen-bond acceptors (Lipinski definition) is 18. The lowest BCUT2D eigenvalue weighted by Gasteiger charge is -2.24. The highest BCUT2D eigenvalue weighted by molar-refractivity contribution is 5.66. The maximum absolute atomic E-state index is 6.87. The molecule has 8 bridgehead atoms. The van der Waals surface area contributed by atoms with Gasteiger partial charge in [-0.15, -0.1) is 0 Å². The average molecular weight is 1150 g/mol. The monoisotopic (exact) mass is 1150 g/mol. The fraction of sp³-hybridized carbons (Fsp3) is 0.545. The van der Waals surface area contributed by atoms with Gasteiger partial charge in [0, 0.05) is 72.4 Å². The van der Waals surface area contributed by atoms with Crippen LogP contribution in [0.2, 0.25) is 0 Å². The molecule has 1 aliphatic rings. The average Bonchev–Trinajstić information content (AvgIpc) is 3.50. The van der Waals surface area contributed by atoms with Gasteiger partial charge in [-0.1, -0.05) is 141 Å². The Morgan fingerprint density at radius 3 is 0.929 bits per heavy atom. The van der Waals surface area contributed by atoms with E-state index in [1.54, 1.807) is 0 Å². The maximum atomic E-state index is 6.87. The summed E-state index contributed by atoms with van der Waals surface area (Å²) in [5.41, 5.74) is 33.7. The number of aromatic nitrogens is 6. The van der Waals surface area contributed by atoms with Gasteiger partial charge in [-0.25, -0.2) is 0 Å². The van der Waals surface area contributed by atoms with Crippen LogP contribution in [-0.2, 0) is 25.7 Å². The highest BCUT2D eigenvalue weighted by Crippen LogP contribution is 2.42. The van der Waals surface area contributed by atoms with Crippen LogP contribution >= 0.6 is 0 Å². The van der Waals surface area contributed by atoms with Gasteiger partial charge in [0.05, 0.1) is 26.4 Å². The van der Waals surface area contributed by atoms with Gasteiger partial charge < -0.3 is 63.1 Å². The second-order valence-corrected chi connectivity index (χ2v) is 22.2. The summed E-state index contributed by atoms with van der Waals surface area (Å²) in [6.07, 6.45) is 24.2. The van der Waals surface area contributed by atoms with Gasteiger partial charge in [-0.3, -0.25) is 0 Å². The molecular formula is C66H98N14O4. The Kier molecular flexibility index (Phi) is 27.5. The third-order valence-electron chi connectivity index (χ3n) is 14.8. The first-order valence-corrected chi connectivity index (χ1v) is 31.7. The number of benzene rings is 4. The van der Waals surface area contributed by atoms with Crippen LogP contribution in [0.25, 0.3) is 0 Å². The van der Waals surface area contributed by atoms with Crippen LogP contribution in [0, 0.1) is 0 Å². The van der Waals surface area contributed by atoms with Crippen LogP contribution in [0.4, 0.5) is 47.1 Å². The molecule has 2 heterocycles.